The molecule has 0 aliphatic heterocycles. The number of para-hydroxylation sites is 1. The molecule has 1 heterocycles. The summed E-state index contributed by atoms with van der Waals surface area (Å²) in [7, 11) is 1.55. The molecule has 0 aliphatic carbocycles. The number of benzene rings is 1. The van der Waals surface area contributed by atoms with Gasteiger partial charge in [-0.1, -0.05) is 18.2 Å². The Labute approximate surface area is 139 Å². The van der Waals surface area contributed by atoms with Crippen LogP contribution in [0.5, 0.6) is 0 Å². The van der Waals surface area contributed by atoms with Crippen molar-refractivity contribution in [1.82, 2.24) is 15.6 Å². The number of hydrogen-bond acceptors (Lipinski definition) is 4. The number of aromatic nitrogens is 1. The average Bonchev–Trinajstić information content (AvgIpc) is 2.96. The van der Waals surface area contributed by atoms with Crippen LogP contribution in [0.4, 0.5) is 0 Å². The number of aromatic amines is 1. The van der Waals surface area contributed by atoms with Crippen LogP contribution in [0, 0.1) is 0 Å². The fraction of sp³-hybridized carbons (Fsp3) is 0.375. The van der Waals surface area contributed by atoms with E-state index >= 15 is 0 Å². The molecule has 6 nitrogen and oxygen atoms in total. The second kappa shape index (κ2) is 8.03. The van der Waals surface area contributed by atoms with E-state index < -0.39 is 12.1 Å². The highest BCUT2D eigenvalue weighted by molar-refractivity contribution is 7.98. The van der Waals surface area contributed by atoms with E-state index in [4.69, 9.17) is 5.73 Å². The third-order valence-corrected chi connectivity index (χ3v) is 4.35. The molecule has 2 aromatic rings. The van der Waals surface area contributed by atoms with Crippen LogP contribution in [0.25, 0.3) is 10.9 Å². The number of nitrogens with one attached hydrogen (secondary N) is 3. The molecule has 0 radical (unpaired) electrons. The molecule has 0 saturated heterocycles. The number of carbonyl (C=O) groups excluding carboxylic acids is 2. The van der Waals surface area contributed by atoms with Crippen molar-refractivity contribution in [3.05, 3.63) is 36.0 Å². The third kappa shape index (κ3) is 4.27. The minimum atomic E-state index is -0.653. The van der Waals surface area contributed by atoms with Crippen LogP contribution in [0.1, 0.15) is 5.56 Å². The molecule has 23 heavy (non-hydrogen) atoms. The molecule has 0 unspecified atom stereocenters. The highest BCUT2D eigenvalue weighted by Crippen LogP contribution is 2.19. The second-order valence-electron chi connectivity index (χ2n) is 5.30. The fourth-order valence-corrected chi connectivity index (χ4v) is 2.95. The summed E-state index contributed by atoms with van der Waals surface area (Å²) in [6.45, 7) is 0. The lowest BCUT2D eigenvalue weighted by Crippen LogP contribution is -2.52. The Morgan fingerprint density at radius 3 is 2.74 bits per heavy atom. The van der Waals surface area contributed by atoms with Crippen LogP contribution in [0.3, 0.4) is 0 Å². The Hall–Kier alpha value is -1.99. The number of fused-ring (bicyclic) bond motifs is 1. The number of H-pyrrole nitrogens is 1. The number of rotatable bonds is 7. The van der Waals surface area contributed by atoms with Gasteiger partial charge in [-0.2, -0.15) is 11.8 Å². The van der Waals surface area contributed by atoms with Gasteiger partial charge in [0.05, 0.1) is 6.04 Å². The van der Waals surface area contributed by atoms with E-state index in [1.165, 1.54) is 11.8 Å². The number of amides is 2. The molecule has 0 saturated carbocycles. The first kappa shape index (κ1) is 17.4. The first-order valence-corrected chi connectivity index (χ1v) is 8.77. The largest absolute Gasteiger partial charge is 0.361 e. The molecule has 5 N–H and O–H groups in total. The highest BCUT2D eigenvalue weighted by atomic mass is 32.2. The van der Waals surface area contributed by atoms with Crippen LogP contribution >= 0.6 is 11.8 Å². The summed E-state index contributed by atoms with van der Waals surface area (Å²) in [4.78, 5) is 27.4. The van der Waals surface area contributed by atoms with Crippen molar-refractivity contribution in [3.63, 3.8) is 0 Å². The third-order valence-electron chi connectivity index (χ3n) is 3.66. The van der Waals surface area contributed by atoms with Crippen LogP contribution < -0.4 is 16.4 Å². The maximum Gasteiger partial charge on any atom is 0.242 e. The van der Waals surface area contributed by atoms with Gasteiger partial charge in [0.15, 0.2) is 0 Å². The molecule has 2 atom stereocenters. The number of hydrogen-bond donors (Lipinski definition) is 4. The smallest absolute Gasteiger partial charge is 0.242 e. The zero-order valence-electron chi connectivity index (χ0n) is 13.3. The molecule has 124 valence electrons. The number of nitrogens with two attached hydrogens (primary N) is 1. The summed E-state index contributed by atoms with van der Waals surface area (Å²) in [5.41, 5.74) is 7.79. The molecular weight excluding hydrogens is 312 g/mol. The molecule has 2 rings (SSSR count). The van der Waals surface area contributed by atoms with Crippen molar-refractivity contribution in [2.24, 2.45) is 5.73 Å². The van der Waals surface area contributed by atoms with Gasteiger partial charge in [-0.15, -0.1) is 0 Å². The molecule has 2 amide bonds. The predicted octanol–water partition coefficient (Wildman–Crippen LogP) is 0.631. The Kier molecular flexibility index (Phi) is 6.06. The maximum atomic E-state index is 12.1. The molecule has 0 fully saturated rings. The molecule has 0 spiro atoms. The summed E-state index contributed by atoms with van der Waals surface area (Å²) in [6, 6.07) is 6.58. The molecule has 1 aromatic carbocycles. The quantitative estimate of drug-likeness (QED) is 0.597. The van der Waals surface area contributed by atoms with E-state index in [9.17, 15) is 9.59 Å². The lowest BCUT2D eigenvalue weighted by molar-refractivity contribution is -0.129. The molecule has 0 aliphatic rings. The van der Waals surface area contributed by atoms with Gasteiger partial charge in [0.1, 0.15) is 6.04 Å². The van der Waals surface area contributed by atoms with Gasteiger partial charge in [0, 0.05) is 36.3 Å². The molecule has 1 aromatic heterocycles. The first-order valence-electron chi connectivity index (χ1n) is 7.38. The Bertz CT molecular complexity index is 686. The summed E-state index contributed by atoms with van der Waals surface area (Å²) in [5, 5.41) is 6.39. The summed E-state index contributed by atoms with van der Waals surface area (Å²) >= 11 is 1.50. The molecular formula is C16H22N4O2S. The highest BCUT2D eigenvalue weighted by Gasteiger charge is 2.24. The number of likely N-dealkylation sites (N-methyl/N-ethyl adjacent to an activating group) is 1. The van der Waals surface area contributed by atoms with E-state index in [-0.39, 0.29) is 11.8 Å². The van der Waals surface area contributed by atoms with Gasteiger partial charge >= 0.3 is 0 Å². The van der Waals surface area contributed by atoms with E-state index in [0.717, 1.165) is 16.5 Å². The van der Waals surface area contributed by atoms with Crippen molar-refractivity contribution in [3.8, 4) is 0 Å². The van der Waals surface area contributed by atoms with E-state index in [2.05, 4.69) is 15.6 Å². The summed E-state index contributed by atoms with van der Waals surface area (Å²) in [5.74, 6) is -0.0351. The minimum absolute atomic E-state index is 0.236. The number of thioether (sulfide) groups is 1. The minimum Gasteiger partial charge on any atom is -0.361 e. The number of carbonyl (C=O) groups is 2. The van der Waals surface area contributed by atoms with Crippen LogP contribution in [-0.4, -0.2) is 47.9 Å². The Morgan fingerprint density at radius 2 is 2.04 bits per heavy atom. The monoisotopic (exact) mass is 334 g/mol. The SMILES string of the molecule is CNC(=O)[C@H](Cc1c[nH]c2ccccc12)NC(=O)[C@@H](N)CSC. The second-order valence-corrected chi connectivity index (χ2v) is 6.21. The van der Waals surface area contributed by atoms with Crippen molar-refractivity contribution < 1.29 is 9.59 Å². The van der Waals surface area contributed by atoms with Crippen LogP contribution in [0.15, 0.2) is 30.5 Å². The summed E-state index contributed by atoms with van der Waals surface area (Å²) < 4.78 is 0. The first-order chi connectivity index (χ1) is 11.1. The standard InChI is InChI=1S/C16H22N4O2S/c1-18-16(22)14(20-15(21)12(17)9-23-2)7-10-8-19-13-6-4-3-5-11(10)13/h3-6,8,12,14,19H,7,9,17H2,1-2H3,(H,18,22)(H,20,21)/t12-,14-/m0/s1. The average molecular weight is 334 g/mol. The molecule has 0 bridgehead atoms. The van der Waals surface area contributed by atoms with Crippen molar-refractivity contribution in [1.29, 1.82) is 0 Å². The normalized spacial score (nSPS) is 13.5. The zero-order chi connectivity index (χ0) is 16.8. The maximum absolute atomic E-state index is 12.1. The zero-order valence-corrected chi connectivity index (χ0v) is 14.1. The van der Waals surface area contributed by atoms with Gasteiger partial charge in [-0.25, -0.2) is 0 Å². The van der Waals surface area contributed by atoms with Crippen LogP contribution in [0.2, 0.25) is 0 Å². The van der Waals surface area contributed by atoms with Gasteiger partial charge in [-0.05, 0) is 17.9 Å². The Morgan fingerprint density at radius 1 is 1.30 bits per heavy atom. The topological polar surface area (TPSA) is 100 Å². The lowest BCUT2D eigenvalue weighted by Gasteiger charge is -2.19. The van der Waals surface area contributed by atoms with Crippen molar-refractivity contribution >= 4 is 34.5 Å². The van der Waals surface area contributed by atoms with Crippen LogP contribution in [-0.2, 0) is 16.0 Å². The van der Waals surface area contributed by atoms with Gasteiger partial charge in [0.2, 0.25) is 11.8 Å². The van der Waals surface area contributed by atoms with Crippen molar-refractivity contribution in [2.45, 2.75) is 18.5 Å². The van der Waals surface area contributed by atoms with Crippen molar-refractivity contribution in [2.75, 3.05) is 19.1 Å². The predicted molar refractivity (Wildman–Crippen MR) is 94.4 cm³/mol. The molecule has 7 heteroatoms. The summed E-state index contributed by atoms with van der Waals surface area (Å²) in [6.07, 6.45) is 4.16. The van der Waals surface area contributed by atoms with E-state index in [0.29, 0.717) is 12.2 Å². The van der Waals surface area contributed by atoms with E-state index in [1.54, 1.807) is 7.05 Å². The van der Waals surface area contributed by atoms with Gasteiger partial charge < -0.3 is 21.4 Å². The van der Waals surface area contributed by atoms with Gasteiger partial charge in [-0.3, -0.25) is 9.59 Å². The Balaban J connectivity index is 2.16. The lowest BCUT2D eigenvalue weighted by atomic mass is 10.0. The van der Waals surface area contributed by atoms with E-state index in [1.807, 2.05) is 36.7 Å². The van der Waals surface area contributed by atoms with Gasteiger partial charge in [0.25, 0.3) is 0 Å². The fourth-order valence-electron chi connectivity index (χ4n) is 2.44.